The minimum atomic E-state index is -0.135. The molecule has 0 aliphatic rings. The lowest BCUT2D eigenvalue weighted by atomic mass is 9.96. The smallest absolute Gasteiger partial charge is 0.145 e. The van der Waals surface area contributed by atoms with Crippen LogP contribution in [0, 0.1) is 0 Å². The Kier molecular flexibility index (Phi) is 3.96. The molecule has 0 aliphatic carbocycles. The summed E-state index contributed by atoms with van der Waals surface area (Å²) in [6.45, 7) is 6.82. The van der Waals surface area contributed by atoms with Crippen molar-refractivity contribution >= 4 is 23.0 Å². The van der Waals surface area contributed by atoms with Gasteiger partial charge >= 0.3 is 0 Å². The van der Waals surface area contributed by atoms with Crippen LogP contribution < -0.4 is 16.6 Å². The molecule has 0 radical (unpaired) electrons. The van der Waals surface area contributed by atoms with E-state index in [0.717, 1.165) is 17.3 Å². The van der Waals surface area contributed by atoms with Gasteiger partial charge in [0.05, 0.1) is 17.7 Å². The van der Waals surface area contributed by atoms with Gasteiger partial charge in [-0.2, -0.15) is 0 Å². The van der Waals surface area contributed by atoms with Gasteiger partial charge < -0.3 is 10.7 Å². The van der Waals surface area contributed by atoms with Crippen LogP contribution in [0.15, 0.2) is 17.0 Å². The Morgan fingerprint density at radius 2 is 2.00 bits per heavy atom. The van der Waals surface area contributed by atoms with Crippen LogP contribution in [0.1, 0.15) is 32.3 Å². The summed E-state index contributed by atoms with van der Waals surface area (Å²) in [7, 11) is 0. The van der Waals surface area contributed by atoms with Gasteiger partial charge in [0.15, 0.2) is 0 Å². The molecular weight excluding hydrogens is 260 g/mol. The van der Waals surface area contributed by atoms with Gasteiger partial charge in [0.2, 0.25) is 0 Å². The van der Waals surface area contributed by atoms with Crippen molar-refractivity contribution in [2.24, 2.45) is 5.84 Å². The van der Waals surface area contributed by atoms with Crippen LogP contribution in [-0.4, -0.2) is 15.0 Å². The average Bonchev–Trinajstić information content (AvgIpc) is 2.88. The van der Waals surface area contributed by atoms with Crippen molar-refractivity contribution in [1.82, 2.24) is 15.0 Å². The summed E-state index contributed by atoms with van der Waals surface area (Å²) in [6.07, 6.45) is 0. The lowest BCUT2D eigenvalue weighted by Crippen LogP contribution is -2.20. The molecule has 6 nitrogen and oxygen atoms in total. The highest BCUT2D eigenvalue weighted by Gasteiger charge is 2.19. The normalized spacial score (nSPS) is 11.4. The second-order valence-electron chi connectivity index (χ2n) is 5.19. The van der Waals surface area contributed by atoms with Gasteiger partial charge in [0.1, 0.15) is 17.5 Å². The van der Waals surface area contributed by atoms with Crippen LogP contribution >= 0.6 is 11.3 Å². The molecule has 0 bridgehead atoms. The number of anilines is 2. The number of nitrogen functional groups attached to an aromatic ring is 1. The van der Waals surface area contributed by atoms with Gasteiger partial charge in [0.25, 0.3) is 0 Å². The molecule has 0 fully saturated rings. The number of rotatable bonds is 4. The maximum Gasteiger partial charge on any atom is 0.145 e. The first-order chi connectivity index (χ1) is 8.99. The molecule has 0 atom stereocenters. The van der Waals surface area contributed by atoms with E-state index in [1.165, 1.54) is 0 Å². The fourth-order valence-corrected chi connectivity index (χ4v) is 2.01. The monoisotopic (exact) mass is 278 g/mol. The third-order valence-electron chi connectivity index (χ3n) is 2.48. The van der Waals surface area contributed by atoms with Crippen LogP contribution in [-0.2, 0) is 12.0 Å². The average molecular weight is 278 g/mol. The predicted octanol–water partition coefficient (Wildman–Crippen LogP) is 2.13. The van der Waals surface area contributed by atoms with Gasteiger partial charge in [-0.05, 0) is 0 Å². The van der Waals surface area contributed by atoms with Crippen molar-refractivity contribution in [3.05, 3.63) is 28.5 Å². The Balaban J connectivity index is 2.19. The molecule has 4 N–H and O–H groups in total. The van der Waals surface area contributed by atoms with Crippen LogP contribution in [0.4, 0.5) is 11.6 Å². The minimum Gasteiger partial charge on any atom is -0.364 e. The number of hydrogen-bond donors (Lipinski definition) is 3. The van der Waals surface area contributed by atoms with E-state index in [1.807, 2.05) is 10.9 Å². The van der Waals surface area contributed by atoms with Crippen molar-refractivity contribution < 1.29 is 0 Å². The summed E-state index contributed by atoms with van der Waals surface area (Å²) < 4.78 is 0. The van der Waals surface area contributed by atoms with Gasteiger partial charge in [-0.3, -0.25) is 0 Å². The first-order valence-corrected chi connectivity index (χ1v) is 6.90. The van der Waals surface area contributed by atoms with E-state index < -0.39 is 0 Å². The highest BCUT2D eigenvalue weighted by molar-refractivity contribution is 7.07. The predicted molar refractivity (Wildman–Crippen MR) is 78.0 cm³/mol. The second kappa shape index (κ2) is 5.50. The van der Waals surface area contributed by atoms with E-state index in [1.54, 1.807) is 17.4 Å². The van der Waals surface area contributed by atoms with E-state index in [2.05, 4.69) is 46.5 Å². The number of nitrogens with one attached hydrogen (secondary N) is 2. The van der Waals surface area contributed by atoms with E-state index in [-0.39, 0.29) is 5.41 Å². The van der Waals surface area contributed by atoms with Crippen LogP contribution in [0.3, 0.4) is 0 Å². The summed E-state index contributed by atoms with van der Waals surface area (Å²) in [5.41, 5.74) is 5.23. The number of hydrazine groups is 1. The Hall–Kier alpha value is -1.73. The molecule has 19 heavy (non-hydrogen) atoms. The molecule has 2 aromatic rings. The highest BCUT2D eigenvalue weighted by atomic mass is 32.1. The Morgan fingerprint density at radius 1 is 1.26 bits per heavy atom. The number of nitrogens with two attached hydrogens (primary N) is 1. The molecule has 0 spiro atoms. The van der Waals surface area contributed by atoms with Gasteiger partial charge in [0, 0.05) is 16.9 Å². The zero-order chi connectivity index (χ0) is 13.9. The van der Waals surface area contributed by atoms with E-state index in [9.17, 15) is 0 Å². The molecule has 0 saturated carbocycles. The van der Waals surface area contributed by atoms with Crippen LogP contribution in [0.2, 0.25) is 0 Å². The first kappa shape index (κ1) is 13.7. The highest BCUT2D eigenvalue weighted by Crippen LogP contribution is 2.22. The van der Waals surface area contributed by atoms with Gasteiger partial charge in [-0.15, -0.1) is 11.3 Å². The SMILES string of the molecule is CC(C)(C)c1nc(NN)cc(NCc2cscn2)n1. The zero-order valence-corrected chi connectivity index (χ0v) is 12.1. The maximum absolute atomic E-state index is 5.44. The molecule has 0 aromatic carbocycles. The van der Waals surface area contributed by atoms with Crippen molar-refractivity contribution in [3.63, 3.8) is 0 Å². The van der Waals surface area contributed by atoms with Crippen molar-refractivity contribution in [2.45, 2.75) is 32.7 Å². The molecule has 2 aromatic heterocycles. The second-order valence-corrected chi connectivity index (χ2v) is 5.91. The fraction of sp³-hybridized carbons (Fsp3) is 0.417. The van der Waals surface area contributed by atoms with E-state index >= 15 is 0 Å². The molecular formula is C12H18N6S. The number of thiazole rings is 1. The standard InChI is InChI=1S/C12H18N6S/c1-12(2,3)11-16-9(4-10(17-11)18-13)14-5-8-6-19-7-15-8/h4,6-7H,5,13H2,1-3H3,(H2,14,16,17,18). The summed E-state index contributed by atoms with van der Waals surface area (Å²) in [4.78, 5) is 13.1. The van der Waals surface area contributed by atoms with Crippen molar-refractivity contribution in [2.75, 3.05) is 10.7 Å². The lowest BCUT2D eigenvalue weighted by molar-refractivity contribution is 0.546. The Bertz CT molecular complexity index is 532. The number of aromatic nitrogens is 3. The number of nitrogens with zero attached hydrogens (tertiary/aromatic N) is 3. The van der Waals surface area contributed by atoms with Crippen LogP contribution in [0.5, 0.6) is 0 Å². The number of hydrogen-bond acceptors (Lipinski definition) is 7. The molecule has 2 heterocycles. The van der Waals surface area contributed by atoms with E-state index in [4.69, 9.17) is 5.84 Å². The summed E-state index contributed by atoms with van der Waals surface area (Å²) in [6, 6.07) is 1.78. The quantitative estimate of drug-likeness (QED) is 0.586. The molecule has 0 amide bonds. The summed E-state index contributed by atoms with van der Waals surface area (Å²) >= 11 is 1.57. The Morgan fingerprint density at radius 3 is 2.58 bits per heavy atom. The summed E-state index contributed by atoms with van der Waals surface area (Å²) in [5.74, 6) is 7.52. The molecule has 102 valence electrons. The minimum absolute atomic E-state index is 0.135. The van der Waals surface area contributed by atoms with Gasteiger partial charge in [-0.1, -0.05) is 20.8 Å². The third kappa shape index (κ3) is 3.62. The molecule has 0 unspecified atom stereocenters. The Labute approximate surface area is 116 Å². The van der Waals surface area contributed by atoms with Crippen molar-refractivity contribution in [3.8, 4) is 0 Å². The fourth-order valence-electron chi connectivity index (χ4n) is 1.45. The van der Waals surface area contributed by atoms with Crippen molar-refractivity contribution in [1.29, 1.82) is 0 Å². The zero-order valence-electron chi connectivity index (χ0n) is 11.3. The van der Waals surface area contributed by atoms with E-state index in [0.29, 0.717) is 12.4 Å². The summed E-state index contributed by atoms with van der Waals surface area (Å²) in [5, 5.41) is 5.23. The van der Waals surface area contributed by atoms with Crippen LogP contribution in [0.25, 0.3) is 0 Å². The maximum atomic E-state index is 5.44. The third-order valence-corrected chi connectivity index (χ3v) is 3.11. The first-order valence-electron chi connectivity index (χ1n) is 5.96. The lowest BCUT2D eigenvalue weighted by Gasteiger charge is -2.18. The topological polar surface area (TPSA) is 88.8 Å². The molecule has 2 rings (SSSR count). The molecule has 0 saturated heterocycles. The molecule has 7 heteroatoms. The molecule has 0 aliphatic heterocycles. The van der Waals surface area contributed by atoms with Gasteiger partial charge in [-0.25, -0.2) is 20.8 Å². The largest absolute Gasteiger partial charge is 0.364 e.